The zero-order valence-corrected chi connectivity index (χ0v) is 7.23. The Morgan fingerprint density at radius 1 is 1.27 bits per heavy atom. The normalized spacial score (nSPS) is 11.3. The fraction of sp³-hybridized carbons (Fsp3) is 0.125. The van der Waals surface area contributed by atoms with E-state index < -0.39 is 29.0 Å². The van der Waals surface area contributed by atoms with Crippen LogP contribution in [0.5, 0.6) is 0 Å². The summed E-state index contributed by atoms with van der Waals surface area (Å²) in [5, 5.41) is 0. The molecule has 0 aromatic heterocycles. The number of halogens is 4. The highest BCUT2D eigenvalue weighted by Crippen LogP contribution is 2.28. The van der Waals surface area contributed by atoms with Gasteiger partial charge in [-0.15, -0.1) is 0 Å². The molecule has 0 unspecified atom stereocenters. The first-order chi connectivity index (χ1) is 6.89. The molecule has 0 bridgehead atoms. The van der Waals surface area contributed by atoms with E-state index in [1.54, 1.807) is 0 Å². The van der Waals surface area contributed by atoms with Crippen molar-refractivity contribution in [2.75, 3.05) is 0 Å². The predicted molar refractivity (Wildman–Crippen MR) is 42.6 cm³/mol. The average molecular weight is 222 g/mol. The number of carbonyl (C=O) groups is 1. The third-order valence-electron chi connectivity index (χ3n) is 1.70. The molecule has 0 heterocycles. The maximum Gasteiger partial charge on any atom is 0.351 e. The van der Waals surface area contributed by atoms with E-state index in [4.69, 9.17) is 0 Å². The third-order valence-corrected chi connectivity index (χ3v) is 1.70. The summed E-state index contributed by atoms with van der Waals surface area (Å²) in [5.41, 5.74) is 0.264. The first-order valence-corrected chi connectivity index (χ1v) is 3.74. The molecule has 0 spiro atoms. The van der Waals surface area contributed by atoms with Crippen LogP contribution in [0.3, 0.4) is 0 Å². The van der Waals surface area contributed by atoms with Gasteiger partial charge >= 0.3 is 11.8 Å². The summed E-state index contributed by atoms with van der Waals surface area (Å²) in [6.07, 6.45) is 0. The fourth-order valence-corrected chi connectivity index (χ4v) is 0.913. The van der Waals surface area contributed by atoms with Crippen molar-refractivity contribution in [2.24, 2.45) is 5.84 Å². The summed E-state index contributed by atoms with van der Waals surface area (Å²) in [6, 6.07) is 1.35. The van der Waals surface area contributed by atoms with E-state index in [0.29, 0.717) is 12.1 Å². The molecule has 3 N–H and O–H groups in total. The second kappa shape index (κ2) is 3.85. The highest BCUT2D eigenvalue weighted by Gasteiger charge is 2.40. The van der Waals surface area contributed by atoms with E-state index in [2.05, 4.69) is 5.84 Å². The lowest BCUT2D eigenvalue weighted by Crippen LogP contribution is -2.42. The van der Waals surface area contributed by atoms with Crippen LogP contribution >= 0.6 is 0 Å². The molecule has 7 heteroatoms. The van der Waals surface area contributed by atoms with E-state index in [0.717, 1.165) is 0 Å². The van der Waals surface area contributed by atoms with Crippen LogP contribution in [0, 0.1) is 11.6 Å². The highest BCUT2D eigenvalue weighted by molar-refractivity contribution is 5.84. The molecule has 0 atom stereocenters. The lowest BCUT2D eigenvalue weighted by molar-refractivity contribution is -0.147. The van der Waals surface area contributed by atoms with Crippen molar-refractivity contribution in [3.63, 3.8) is 0 Å². The van der Waals surface area contributed by atoms with Crippen molar-refractivity contribution in [2.45, 2.75) is 5.92 Å². The van der Waals surface area contributed by atoms with E-state index in [9.17, 15) is 22.4 Å². The number of amides is 1. The second-order valence-electron chi connectivity index (χ2n) is 2.68. The molecule has 0 aliphatic heterocycles. The van der Waals surface area contributed by atoms with Gasteiger partial charge in [-0.25, -0.2) is 14.6 Å². The van der Waals surface area contributed by atoms with Gasteiger partial charge in [-0.3, -0.25) is 10.2 Å². The highest BCUT2D eigenvalue weighted by atomic mass is 19.3. The molecule has 0 aliphatic rings. The molecule has 0 aliphatic carbocycles. The van der Waals surface area contributed by atoms with Crippen molar-refractivity contribution in [1.82, 2.24) is 5.43 Å². The number of carbonyl (C=O) groups excluding carboxylic acids is 1. The summed E-state index contributed by atoms with van der Waals surface area (Å²) in [6.45, 7) is 0. The minimum atomic E-state index is -4.00. The molecule has 3 nitrogen and oxygen atoms in total. The number of nitrogens with one attached hydrogen (secondary N) is 1. The van der Waals surface area contributed by atoms with E-state index in [1.165, 1.54) is 5.43 Å². The third kappa shape index (κ3) is 2.07. The van der Waals surface area contributed by atoms with Crippen LogP contribution in [0.4, 0.5) is 17.6 Å². The Bertz CT molecular complexity index is 394. The molecular formula is C8H6F4N2O. The summed E-state index contributed by atoms with van der Waals surface area (Å²) in [7, 11) is 0. The summed E-state index contributed by atoms with van der Waals surface area (Å²) in [5.74, 6) is -4.01. The second-order valence-corrected chi connectivity index (χ2v) is 2.68. The van der Waals surface area contributed by atoms with Gasteiger partial charge in [-0.1, -0.05) is 0 Å². The Kier molecular flexibility index (Phi) is 2.94. The summed E-state index contributed by atoms with van der Waals surface area (Å²) in [4.78, 5) is 10.6. The maximum absolute atomic E-state index is 13.1. The van der Waals surface area contributed by atoms with Gasteiger partial charge in [-0.2, -0.15) is 8.78 Å². The van der Waals surface area contributed by atoms with Crippen molar-refractivity contribution < 1.29 is 22.4 Å². The number of hydrogen-bond acceptors (Lipinski definition) is 2. The molecule has 0 saturated heterocycles. The Morgan fingerprint density at radius 3 is 2.33 bits per heavy atom. The monoisotopic (exact) mass is 222 g/mol. The van der Waals surface area contributed by atoms with Gasteiger partial charge in [0.05, 0.1) is 0 Å². The largest absolute Gasteiger partial charge is 0.351 e. The fourth-order valence-electron chi connectivity index (χ4n) is 0.913. The quantitative estimate of drug-likeness (QED) is 0.340. The summed E-state index contributed by atoms with van der Waals surface area (Å²) >= 11 is 0. The number of hydrogen-bond donors (Lipinski definition) is 2. The molecule has 0 radical (unpaired) electrons. The molecule has 82 valence electrons. The number of nitrogens with two attached hydrogens (primary N) is 1. The Hall–Kier alpha value is -1.63. The lowest BCUT2D eigenvalue weighted by atomic mass is 10.1. The van der Waals surface area contributed by atoms with Gasteiger partial charge < -0.3 is 0 Å². The topological polar surface area (TPSA) is 55.1 Å². The first-order valence-electron chi connectivity index (χ1n) is 3.74. The van der Waals surface area contributed by atoms with Crippen LogP contribution in [0.2, 0.25) is 0 Å². The first kappa shape index (κ1) is 11.4. The Morgan fingerprint density at radius 2 is 1.87 bits per heavy atom. The van der Waals surface area contributed by atoms with Crippen LogP contribution in [0.25, 0.3) is 0 Å². The SMILES string of the molecule is NNC(=O)C(F)(F)c1ccc(F)c(F)c1. The van der Waals surface area contributed by atoms with Crippen LogP contribution in [0.15, 0.2) is 18.2 Å². The van der Waals surface area contributed by atoms with Crippen LogP contribution in [0.1, 0.15) is 5.56 Å². The van der Waals surface area contributed by atoms with E-state index in [-0.39, 0.29) is 6.07 Å². The van der Waals surface area contributed by atoms with Crippen molar-refractivity contribution >= 4 is 5.91 Å². The van der Waals surface area contributed by atoms with Crippen LogP contribution in [-0.4, -0.2) is 5.91 Å². The smallest absolute Gasteiger partial charge is 0.289 e. The zero-order valence-electron chi connectivity index (χ0n) is 7.23. The number of rotatable bonds is 2. The Balaban J connectivity index is 3.16. The minimum Gasteiger partial charge on any atom is -0.289 e. The van der Waals surface area contributed by atoms with E-state index in [1.807, 2.05) is 0 Å². The van der Waals surface area contributed by atoms with Crippen LogP contribution in [-0.2, 0) is 10.7 Å². The molecular weight excluding hydrogens is 216 g/mol. The van der Waals surface area contributed by atoms with Gasteiger partial charge in [0.1, 0.15) is 0 Å². The van der Waals surface area contributed by atoms with Crippen molar-refractivity contribution in [3.05, 3.63) is 35.4 Å². The number of hydrazine groups is 1. The van der Waals surface area contributed by atoms with Gasteiger partial charge in [-0.05, 0) is 18.2 Å². The van der Waals surface area contributed by atoms with Crippen LogP contribution < -0.4 is 11.3 Å². The van der Waals surface area contributed by atoms with Crippen molar-refractivity contribution in [3.8, 4) is 0 Å². The number of benzene rings is 1. The lowest BCUT2D eigenvalue weighted by Gasteiger charge is -2.14. The van der Waals surface area contributed by atoms with Gasteiger partial charge in [0.15, 0.2) is 11.6 Å². The molecule has 1 aromatic rings. The van der Waals surface area contributed by atoms with Gasteiger partial charge in [0.25, 0.3) is 0 Å². The Labute approximate surface area is 81.8 Å². The van der Waals surface area contributed by atoms with Crippen molar-refractivity contribution in [1.29, 1.82) is 0 Å². The minimum absolute atomic E-state index is 0.241. The zero-order chi connectivity index (χ0) is 11.6. The van der Waals surface area contributed by atoms with E-state index >= 15 is 0 Å². The van der Waals surface area contributed by atoms with Gasteiger partial charge in [0, 0.05) is 5.56 Å². The molecule has 0 fully saturated rings. The number of alkyl halides is 2. The molecule has 1 amide bonds. The molecule has 1 aromatic carbocycles. The standard InChI is InChI=1S/C8H6F4N2O/c9-5-2-1-4(3-6(5)10)8(11,12)7(15)14-13/h1-3H,13H2,(H,14,15). The average Bonchev–Trinajstić information content (AvgIpc) is 2.20. The molecule has 0 saturated carbocycles. The molecule has 1 rings (SSSR count). The molecule has 15 heavy (non-hydrogen) atoms. The maximum atomic E-state index is 13.1. The summed E-state index contributed by atoms with van der Waals surface area (Å²) < 4.78 is 51.2. The van der Waals surface area contributed by atoms with Gasteiger partial charge in [0.2, 0.25) is 0 Å². The predicted octanol–water partition coefficient (Wildman–Crippen LogP) is 1.05.